The molecule has 0 spiro atoms. The van der Waals surface area contributed by atoms with Gasteiger partial charge in [-0.25, -0.2) is 0 Å². The molecule has 2 fully saturated rings. The van der Waals surface area contributed by atoms with E-state index in [0.29, 0.717) is 18.1 Å². The molecule has 16 heavy (non-hydrogen) atoms. The highest BCUT2D eigenvalue weighted by Gasteiger charge is 2.35. The van der Waals surface area contributed by atoms with Crippen molar-refractivity contribution >= 4 is 0 Å². The normalized spacial score (nSPS) is 42.9. The van der Waals surface area contributed by atoms with Crippen molar-refractivity contribution in [2.75, 3.05) is 13.1 Å². The van der Waals surface area contributed by atoms with Gasteiger partial charge in [-0.05, 0) is 26.7 Å². The summed E-state index contributed by atoms with van der Waals surface area (Å²) < 4.78 is 0. The van der Waals surface area contributed by atoms with E-state index in [2.05, 4.69) is 24.1 Å². The second-order valence-corrected chi connectivity index (χ2v) is 5.58. The zero-order chi connectivity index (χ0) is 11.5. The predicted molar refractivity (Wildman–Crippen MR) is 66.5 cm³/mol. The molecule has 0 aromatic rings. The molecule has 0 aromatic heterocycles. The van der Waals surface area contributed by atoms with E-state index in [9.17, 15) is 5.11 Å². The number of nitrogens with one attached hydrogen (secondary N) is 1. The maximum atomic E-state index is 10.3. The quantitative estimate of drug-likeness (QED) is 0.663. The van der Waals surface area contributed by atoms with Crippen molar-refractivity contribution in [3.8, 4) is 0 Å². The first kappa shape index (κ1) is 12.3. The smallest absolute Gasteiger partial charge is 0.0695 e. The summed E-state index contributed by atoms with van der Waals surface area (Å²) in [6, 6.07) is 1.51. The van der Waals surface area contributed by atoms with Gasteiger partial charge in [0.1, 0.15) is 0 Å². The summed E-state index contributed by atoms with van der Waals surface area (Å²) in [5, 5.41) is 13.7. The Morgan fingerprint density at radius 1 is 1.00 bits per heavy atom. The molecule has 94 valence electrons. The van der Waals surface area contributed by atoms with Crippen molar-refractivity contribution < 1.29 is 5.11 Å². The number of rotatable bonds is 1. The van der Waals surface area contributed by atoms with Crippen LogP contribution in [0, 0.1) is 0 Å². The van der Waals surface area contributed by atoms with Gasteiger partial charge in [0.2, 0.25) is 0 Å². The van der Waals surface area contributed by atoms with Crippen molar-refractivity contribution in [1.29, 1.82) is 0 Å². The molecule has 0 aromatic carbocycles. The van der Waals surface area contributed by atoms with Crippen LogP contribution >= 0.6 is 0 Å². The molecule has 1 heterocycles. The van der Waals surface area contributed by atoms with Crippen LogP contribution in [0.5, 0.6) is 0 Å². The molecule has 1 saturated heterocycles. The Balaban J connectivity index is 2.06. The number of aliphatic hydroxyl groups excluding tert-OH is 1. The minimum atomic E-state index is -0.106. The summed E-state index contributed by atoms with van der Waals surface area (Å²) in [7, 11) is 0. The van der Waals surface area contributed by atoms with Crippen molar-refractivity contribution in [1.82, 2.24) is 10.2 Å². The summed E-state index contributed by atoms with van der Waals surface area (Å²) in [4.78, 5) is 2.56. The third kappa shape index (κ3) is 2.58. The fourth-order valence-electron chi connectivity index (χ4n) is 3.42. The zero-order valence-corrected chi connectivity index (χ0v) is 10.7. The molecule has 2 N–H and O–H groups in total. The monoisotopic (exact) mass is 226 g/mol. The van der Waals surface area contributed by atoms with Crippen LogP contribution in [0.4, 0.5) is 0 Å². The average Bonchev–Trinajstić information content (AvgIpc) is 2.44. The maximum Gasteiger partial charge on any atom is 0.0695 e. The van der Waals surface area contributed by atoms with E-state index in [1.54, 1.807) is 0 Å². The van der Waals surface area contributed by atoms with Gasteiger partial charge in [-0.15, -0.1) is 0 Å². The molecule has 2 aliphatic rings. The van der Waals surface area contributed by atoms with Gasteiger partial charge in [0.05, 0.1) is 6.10 Å². The fourth-order valence-corrected chi connectivity index (χ4v) is 3.42. The van der Waals surface area contributed by atoms with Gasteiger partial charge in [0, 0.05) is 31.2 Å². The Morgan fingerprint density at radius 2 is 1.62 bits per heavy atom. The lowest BCUT2D eigenvalue weighted by Gasteiger charge is -2.45. The molecule has 3 nitrogen and oxygen atoms in total. The molecule has 4 unspecified atom stereocenters. The van der Waals surface area contributed by atoms with E-state index < -0.39 is 0 Å². The largest absolute Gasteiger partial charge is 0.391 e. The van der Waals surface area contributed by atoms with Gasteiger partial charge in [-0.1, -0.05) is 19.3 Å². The number of aliphatic hydroxyl groups is 1. The van der Waals surface area contributed by atoms with E-state index in [4.69, 9.17) is 0 Å². The first-order valence-electron chi connectivity index (χ1n) is 6.86. The lowest BCUT2D eigenvalue weighted by atomic mass is 9.98. The molecule has 0 radical (unpaired) electrons. The summed E-state index contributed by atoms with van der Waals surface area (Å²) >= 11 is 0. The lowest BCUT2D eigenvalue weighted by molar-refractivity contribution is -0.0117. The molecular formula is C13H26N2O. The molecule has 1 saturated carbocycles. The minimum absolute atomic E-state index is 0.106. The number of hydrogen-bond acceptors (Lipinski definition) is 3. The fraction of sp³-hybridized carbons (Fsp3) is 1.00. The molecule has 1 aliphatic heterocycles. The molecule has 1 aliphatic carbocycles. The number of hydrogen-bond donors (Lipinski definition) is 2. The third-order valence-electron chi connectivity index (χ3n) is 4.22. The lowest BCUT2D eigenvalue weighted by Crippen LogP contribution is -2.61. The van der Waals surface area contributed by atoms with Crippen molar-refractivity contribution in [3.05, 3.63) is 0 Å². The van der Waals surface area contributed by atoms with Gasteiger partial charge in [0.25, 0.3) is 0 Å². The Kier molecular flexibility index (Phi) is 4.22. The van der Waals surface area contributed by atoms with Gasteiger partial charge in [-0.2, -0.15) is 0 Å². The van der Waals surface area contributed by atoms with Crippen LogP contribution in [-0.4, -0.2) is 47.3 Å². The average molecular weight is 226 g/mol. The van der Waals surface area contributed by atoms with Crippen LogP contribution in [0.3, 0.4) is 0 Å². The highest BCUT2D eigenvalue weighted by atomic mass is 16.3. The SMILES string of the molecule is CC1CNCC(C)N1C1CCCCCC1O. The van der Waals surface area contributed by atoms with E-state index in [-0.39, 0.29) is 6.10 Å². The second kappa shape index (κ2) is 5.48. The Bertz CT molecular complexity index is 212. The molecule has 0 amide bonds. The van der Waals surface area contributed by atoms with Gasteiger partial charge >= 0.3 is 0 Å². The van der Waals surface area contributed by atoms with Gasteiger partial charge < -0.3 is 10.4 Å². The summed E-state index contributed by atoms with van der Waals surface area (Å²) in [6.07, 6.45) is 5.84. The third-order valence-corrected chi connectivity index (χ3v) is 4.22. The molecule has 0 bridgehead atoms. The Hall–Kier alpha value is -0.120. The number of nitrogens with zero attached hydrogens (tertiary/aromatic N) is 1. The second-order valence-electron chi connectivity index (χ2n) is 5.58. The first-order valence-corrected chi connectivity index (χ1v) is 6.86. The summed E-state index contributed by atoms with van der Waals surface area (Å²) in [5.74, 6) is 0. The molecule has 4 atom stereocenters. The van der Waals surface area contributed by atoms with Crippen LogP contribution < -0.4 is 5.32 Å². The van der Waals surface area contributed by atoms with Gasteiger partial charge in [-0.3, -0.25) is 4.90 Å². The van der Waals surface area contributed by atoms with Gasteiger partial charge in [0.15, 0.2) is 0 Å². The maximum absolute atomic E-state index is 10.3. The van der Waals surface area contributed by atoms with Crippen molar-refractivity contribution in [2.45, 2.75) is 70.2 Å². The highest BCUT2D eigenvalue weighted by Crippen LogP contribution is 2.26. The Labute approximate surface area is 99.2 Å². The van der Waals surface area contributed by atoms with Crippen LogP contribution in [0.2, 0.25) is 0 Å². The van der Waals surface area contributed by atoms with Crippen LogP contribution in [0.1, 0.15) is 46.0 Å². The van der Waals surface area contributed by atoms with Crippen molar-refractivity contribution in [2.24, 2.45) is 0 Å². The van der Waals surface area contributed by atoms with E-state index >= 15 is 0 Å². The van der Waals surface area contributed by atoms with Crippen LogP contribution in [-0.2, 0) is 0 Å². The molecular weight excluding hydrogens is 200 g/mol. The van der Waals surface area contributed by atoms with E-state index in [1.165, 1.54) is 25.7 Å². The topological polar surface area (TPSA) is 35.5 Å². The van der Waals surface area contributed by atoms with E-state index in [0.717, 1.165) is 19.5 Å². The summed E-state index contributed by atoms with van der Waals surface area (Å²) in [5.41, 5.74) is 0. The first-order chi connectivity index (χ1) is 7.70. The summed E-state index contributed by atoms with van der Waals surface area (Å²) in [6.45, 7) is 6.68. The minimum Gasteiger partial charge on any atom is -0.391 e. The number of piperazine rings is 1. The molecule has 2 rings (SSSR count). The van der Waals surface area contributed by atoms with E-state index in [1.807, 2.05) is 0 Å². The highest BCUT2D eigenvalue weighted by molar-refractivity contribution is 4.91. The predicted octanol–water partition coefficient (Wildman–Crippen LogP) is 1.36. The Morgan fingerprint density at radius 3 is 2.31 bits per heavy atom. The molecule has 3 heteroatoms. The van der Waals surface area contributed by atoms with Crippen LogP contribution in [0.15, 0.2) is 0 Å². The van der Waals surface area contributed by atoms with Crippen LogP contribution in [0.25, 0.3) is 0 Å². The van der Waals surface area contributed by atoms with Crippen molar-refractivity contribution in [3.63, 3.8) is 0 Å². The standard InChI is InChI=1S/C13H26N2O/c1-10-8-14-9-11(2)15(10)12-6-4-3-5-7-13(12)16/h10-14,16H,3-9H2,1-2H3. The zero-order valence-electron chi connectivity index (χ0n) is 10.7.